The lowest BCUT2D eigenvalue weighted by molar-refractivity contribution is 0.0492. The zero-order valence-corrected chi connectivity index (χ0v) is 25.6. The van der Waals surface area contributed by atoms with Gasteiger partial charge in [-0.1, -0.05) is 30.3 Å². The van der Waals surface area contributed by atoms with Crippen LogP contribution >= 0.6 is 0 Å². The van der Waals surface area contributed by atoms with Gasteiger partial charge in [0.05, 0.1) is 26.7 Å². The molecule has 7 rings (SSSR count). The van der Waals surface area contributed by atoms with Gasteiger partial charge in [-0.05, 0) is 29.8 Å². The van der Waals surface area contributed by atoms with E-state index in [1.54, 1.807) is 28.4 Å². The second-order valence-corrected chi connectivity index (χ2v) is 10.9. The summed E-state index contributed by atoms with van der Waals surface area (Å²) in [5.41, 5.74) is 5.75. The van der Waals surface area contributed by atoms with Crippen LogP contribution in [0.15, 0.2) is 77.2 Å². The fraction of sp³-hybridized carbons (Fsp3) is 0.278. The highest BCUT2D eigenvalue weighted by molar-refractivity contribution is 5.97. The third-order valence-electron chi connectivity index (χ3n) is 8.28. The maximum atomic E-state index is 6.57. The lowest BCUT2D eigenvalue weighted by atomic mass is 9.88. The van der Waals surface area contributed by atoms with Crippen LogP contribution in [-0.2, 0) is 15.9 Å². The molecule has 0 N–H and O–H groups in total. The van der Waals surface area contributed by atoms with E-state index < -0.39 is 0 Å². The zero-order chi connectivity index (χ0) is 30.9. The molecule has 0 unspecified atom stereocenters. The van der Waals surface area contributed by atoms with Crippen molar-refractivity contribution in [3.05, 3.63) is 95.2 Å². The highest BCUT2D eigenvalue weighted by atomic mass is 16.7. The molecule has 0 radical (unpaired) electrons. The summed E-state index contributed by atoms with van der Waals surface area (Å²) in [5.74, 6) is 4.91. The van der Waals surface area contributed by atoms with Crippen LogP contribution in [0.2, 0.25) is 0 Å². The third kappa shape index (κ3) is 5.28. The summed E-state index contributed by atoms with van der Waals surface area (Å²) in [6.07, 6.45) is 0.310. The van der Waals surface area contributed by atoms with Gasteiger partial charge in [-0.15, -0.1) is 0 Å². The van der Waals surface area contributed by atoms with E-state index in [1.807, 2.05) is 54.6 Å². The normalized spacial score (nSPS) is 16.3. The minimum Gasteiger partial charge on any atom is -0.496 e. The standard InChI is InChI=1S/C36H34O9/c1-37-19-42-23-10-11-24-29(14-23)41-18-27-25-12-22(28(39-3)16-30(25)45-36(24)27)13-34-35(21-8-6-5-7-9-21)26-15-33(43-20-38-2)32(40-4)17-31(26)44-34/h5-12,14-17,27,36H,13,18-20H2,1-4H3/t27-,36-/m1/s1. The van der Waals surface area contributed by atoms with E-state index in [-0.39, 0.29) is 25.6 Å². The summed E-state index contributed by atoms with van der Waals surface area (Å²) < 4.78 is 52.5. The molecule has 2 aliphatic heterocycles. The minimum atomic E-state index is -0.177. The molecule has 0 aliphatic carbocycles. The van der Waals surface area contributed by atoms with Gasteiger partial charge in [0.1, 0.15) is 40.4 Å². The molecule has 5 aromatic rings. The third-order valence-corrected chi connectivity index (χ3v) is 8.28. The number of benzene rings is 4. The van der Waals surface area contributed by atoms with Gasteiger partial charge in [-0.2, -0.15) is 0 Å². The molecule has 9 nitrogen and oxygen atoms in total. The first-order valence-electron chi connectivity index (χ1n) is 14.7. The molecule has 2 atom stereocenters. The molecule has 3 heterocycles. The first kappa shape index (κ1) is 28.9. The summed E-state index contributed by atoms with van der Waals surface area (Å²) in [6, 6.07) is 23.9. The Hall–Kier alpha value is -4.86. The first-order valence-corrected chi connectivity index (χ1v) is 14.7. The van der Waals surface area contributed by atoms with E-state index >= 15 is 0 Å². The summed E-state index contributed by atoms with van der Waals surface area (Å²) >= 11 is 0. The van der Waals surface area contributed by atoms with Crippen LogP contribution in [0.25, 0.3) is 22.1 Å². The second-order valence-electron chi connectivity index (χ2n) is 10.9. The predicted molar refractivity (Wildman–Crippen MR) is 167 cm³/mol. The zero-order valence-electron chi connectivity index (χ0n) is 25.6. The number of fused-ring (bicyclic) bond motifs is 6. The van der Waals surface area contributed by atoms with E-state index in [0.29, 0.717) is 35.9 Å². The van der Waals surface area contributed by atoms with E-state index in [2.05, 4.69) is 18.2 Å². The fourth-order valence-electron chi connectivity index (χ4n) is 6.22. The molecule has 0 bridgehead atoms. The highest BCUT2D eigenvalue weighted by Gasteiger charge is 2.41. The van der Waals surface area contributed by atoms with Crippen LogP contribution in [0, 0.1) is 0 Å². The van der Waals surface area contributed by atoms with E-state index in [0.717, 1.165) is 56.2 Å². The van der Waals surface area contributed by atoms with Gasteiger partial charge in [-0.3, -0.25) is 0 Å². The Morgan fingerprint density at radius 3 is 2.31 bits per heavy atom. The smallest absolute Gasteiger partial charge is 0.188 e. The number of hydrogen-bond donors (Lipinski definition) is 0. The molecule has 232 valence electrons. The van der Waals surface area contributed by atoms with Crippen molar-refractivity contribution in [2.45, 2.75) is 18.4 Å². The first-order chi connectivity index (χ1) is 22.1. The SMILES string of the molecule is COCOc1ccc2c(c1)OC[C@@H]1c3cc(Cc4oc5cc(OC)c(OCOC)cc5c4-c4ccccc4)c(OC)cc3O[C@H]21. The summed E-state index contributed by atoms with van der Waals surface area (Å²) in [5, 5.41) is 0.915. The van der Waals surface area contributed by atoms with Gasteiger partial charge in [-0.25, -0.2) is 0 Å². The Kier molecular flexibility index (Phi) is 7.87. The molecule has 4 aromatic carbocycles. The van der Waals surface area contributed by atoms with Crippen molar-refractivity contribution < 1.29 is 42.3 Å². The molecule has 1 aromatic heterocycles. The number of rotatable bonds is 11. The lowest BCUT2D eigenvalue weighted by Crippen LogP contribution is -2.23. The van der Waals surface area contributed by atoms with Crippen molar-refractivity contribution in [3.8, 4) is 45.6 Å². The Morgan fingerprint density at radius 2 is 1.53 bits per heavy atom. The summed E-state index contributed by atoms with van der Waals surface area (Å²) in [4.78, 5) is 0. The van der Waals surface area contributed by atoms with Crippen molar-refractivity contribution in [3.63, 3.8) is 0 Å². The molecule has 0 saturated heterocycles. The van der Waals surface area contributed by atoms with Gasteiger partial charge in [0, 0.05) is 66.5 Å². The number of furan rings is 1. The minimum absolute atomic E-state index is 0.0249. The van der Waals surface area contributed by atoms with Gasteiger partial charge in [0.15, 0.2) is 25.1 Å². The predicted octanol–water partition coefficient (Wildman–Crippen LogP) is 7.28. The molecule has 9 heteroatoms. The monoisotopic (exact) mass is 610 g/mol. The number of methoxy groups -OCH3 is 4. The average molecular weight is 611 g/mol. The average Bonchev–Trinajstić information content (AvgIpc) is 3.62. The fourth-order valence-corrected chi connectivity index (χ4v) is 6.22. The molecular weight excluding hydrogens is 576 g/mol. The van der Waals surface area contributed by atoms with Gasteiger partial charge in [0.2, 0.25) is 0 Å². The van der Waals surface area contributed by atoms with Crippen LogP contribution in [0.1, 0.15) is 34.5 Å². The van der Waals surface area contributed by atoms with Crippen LogP contribution in [-0.4, -0.2) is 48.6 Å². The molecule has 0 fully saturated rings. The summed E-state index contributed by atoms with van der Waals surface area (Å²) in [6.45, 7) is 0.748. The van der Waals surface area contributed by atoms with E-state index in [1.165, 1.54) is 0 Å². The maximum Gasteiger partial charge on any atom is 0.188 e. The Bertz CT molecular complexity index is 1830. The molecule has 0 amide bonds. The largest absolute Gasteiger partial charge is 0.496 e. The number of hydrogen-bond acceptors (Lipinski definition) is 9. The van der Waals surface area contributed by atoms with Crippen molar-refractivity contribution in [1.29, 1.82) is 0 Å². The van der Waals surface area contributed by atoms with Crippen molar-refractivity contribution in [2.24, 2.45) is 0 Å². The maximum absolute atomic E-state index is 6.57. The van der Waals surface area contributed by atoms with Crippen LogP contribution in [0.5, 0.6) is 34.5 Å². The second kappa shape index (κ2) is 12.3. The van der Waals surface area contributed by atoms with Crippen molar-refractivity contribution in [1.82, 2.24) is 0 Å². The van der Waals surface area contributed by atoms with E-state index in [9.17, 15) is 0 Å². The highest BCUT2D eigenvalue weighted by Crippen LogP contribution is 2.53. The number of ether oxygens (including phenoxy) is 8. The Balaban J connectivity index is 1.27. The Labute approximate surface area is 261 Å². The molecule has 45 heavy (non-hydrogen) atoms. The van der Waals surface area contributed by atoms with Crippen LogP contribution < -0.4 is 28.4 Å². The van der Waals surface area contributed by atoms with Crippen molar-refractivity contribution in [2.75, 3.05) is 48.6 Å². The van der Waals surface area contributed by atoms with Crippen molar-refractivity contribution >= 4 is 11.0 Å². The molecule has 0 spiro atoms. The lowest BCUT2D eigenvalue weighted by Gasteiger charge is -2.28. The van der Waals surface area contributed by atoms with Crippen LogP contribution in [0.3, 0.4) is 0 Å². The van der Waals surface area contributed by atoms with Gasteiger partial charge < -0.3 is 42.3 Å². The van der Waals surface area contributed by atoms with Gasteiger partial charge in [0.25, 0.3) is 0 Å². The molecular formula is C36H34O9. The van der Waals surface area contributed by atoms with E-state index in [4.69, 9.17) is 42.3 Å². The topological polar surface area (TPSA) is 87.0 Å². The Morgan fingerprint density at radius 1 is 0.733 bits per heavy atom. The molecule has 0 saturated carbocycles. The van der Waals surface area contributed by atoms with Crippen LogP contribution in [0.4, 0.5) is 0 Å². The molecule has 2 aliphatic rings. The quantitative estimate of drug-likeness (QED) is 0.143. The van der Waals surface area contributed by atoms with Gasteiger partial charge >= 0.3 is 0 Å². The summed E-state index contributed by atoms with van der Waals surface area (Å²) in [7, 11) is 6.46.